The van der Waals surface area contributed by atoms with Gasteiger partial charge in [-0.2, -0.15) is 0 Å². The minimum absolute atomic E-state index is 0.0198. The number of likely N-dealkylation sites (tertiary alicyclic amines) is 1. The molecular formula is C14H16ClN3O. The summed E-state index contributed by atoms with van der Waals surface area (Å²) < 4.78 is 1.79. The molecule has 0 aromatic carbocycles. The van der Waals surface area contributed by atoms with Gasteiger partial charge in [0.15, 0.2) is 0 Å². The van der Waals surface area contributed by atoms with E-state index in [0.717, 1.165) is 25.2 Å². The van der Waals surface area contributed by atoms with Gasteiger partial charge >= 0.3 is 0 Å². The van der Waals surface area contributed by atoms with Crippen LogP contribution in [-0.4, -0.2) is 33.3 Å². The van der Waals surface area contributed by atoms with Crippen LogP contribution >= 0.6 is 11.6 Å². The van der Waals surface area contributed by atoms with Crippen LogP contribution in [-0.2, 0) is 0 Å². The summed E-state index contributed by atoms with van der Waals surface area (Å²) in [6.07, 6.45) is 5.79. The number of fused-ring (bicyclic) bond motifs is 1. The SMILES string of the molecule is CC1CCCN(C(=O)c2cn3cc(Cl)ccc3n2)C1. The van der Waals surface area contributed by atoms with E-state index in [1.165, 1.54) is 6.42 Å². The molecular weight excluding hydrogens is 262 g/mol. The van der Waals surface area contributed by atoms with Gasteiger partial charge in [0, 0.05) is 25.5 Å². The lowest BCUT2D eigenvalue weighted by Gasteiger charge is -2.30. The Morgan fingerprint density at radius 2 is 2.26 bits per heavy atom. The number of aromatic nitrogens is 2. The van der Waals surface area contributed by atoms with Gasteiger partial charge in [0.05, 0.1) is 5.02 Å². The minimum atomic E-state index is 0.0198. The largest absolute Gasteiger partial charge is 0.337 e. The first-order chi connectivity index (χ1) is 9.13. The molecule has 1 fully saturated rings. The number of hydrogen-bond acceptors (Lipinski definition) is 2. The smallest absolute Gasteiger partial charge is 0.274 e. The average molecular weight is 278 g/mol. The molecule has 0 N–H and O–H groups in total. The highest BCUT2D eigenvalue weighted by atomic mass is 35.5. The summed E-state index contributed by atoms with van der Waals surface area (Å²) in [6, 6.07) is 3.60. The summed E-state index contributed by atoms with van der Waals surface area (Å²) in [7, 11) is 0. The van der Waals surface area contributed by atoms with Crippen molar-refractivity contribution in [3.8, 4) is 0 Å². The van der Waals surface area contributed by atoms with Gasteiger partial charge in [-0.15, -0.1) is 0 Å². The van der Waals surface area contributed by atoms with E-state index >= 15 is 0 Å². The van der Waals surface area contributed by atoms with Crippen molar-refractivity contribution in [3.05, 3.63) is 35.2 Å². The van der Waals surface area contributed by atoms with E-state index in [9.17, 15) is 4.79 Å². The summed E-state index contributed by atoms with van der Waals surface area (Å²) in [5, 5.41) is 0.635. The molecule has 1 aliphatic rings. The van der Waals surface area contributed by atoms with E-state index in [1.807, 2.05) is 11.0 Å². The van der Waals surface area contributed by atoms with Crippen LogP contribution in [0, 0.1) is 5.92 Å². The summed E-state index contributed by atoms with van der Waals surface area (Å²) in [6.45, 7) is 3.84. The number of hydrogen-bond donors (Lipinski definition) is 0. The molecule has 0 aliphatic carbocycles. The monoisotopic (exact) mass is 277 g/mol. The molecule has 0 saturated carbocycles. The zero-order valence-corrected chi connectivity index (χ0v) is 11.6. The van der Waals surface area contributed by atoms with Crippen molar-refractivity contribution < 1.29 is 4.79 Å². The van der Waals surface area contributed by atoms with Crippen LogP contribution in [0.15, 0.2) is 24.5 Å². The second kappa shape index (κ2) is 4.85. The molecule has 3 rings (SSSR count). The molecule has 1 saturated heterocycles. The summed E-state index contributed by atoms with van der Waals surface area (Å²) in [5.74, 6) is 0.593. The zero-order valence-electron chi connectivity index (χ0n) is 10.8. The van der Waals surface area contributed by atoms with Gasteiger partial charge in [-0.25, -0.2) is 4.98 Å². The lowest BCUT2D eigenvalue weighted by Crippen LogP contribution is -2.39. The minimum Gasteiger partial charge on any atom is -0.337 e. The second-order valence-corrected chi connectivity index (χ2v) is 5.67. The maximum Gasteiger partial charge on any atom is 0.274 e. The molecule has 100 valence electrons. The molecule has 2 aromatic heterocycles. The summed E-state index contributed by atoms with van der Waals surface area (Å²) in [5.41, 5.74) is 1.24. The maximum absolute atomic E-state index is 12.4. The van der Waals surface area contributed by atoms with Crippen LogP contribution in [0.3, 0.4) is 0 Å². The molecule has 3 heterocycles. The van der Waals surface area contributed by atoms with Crippen molar-refractivity contribution in [1.82, 2.24) is 14.3 Å². The molecule has 0 radical (unpaired) electrons. The molecule has 1 unspecified atom stereocenters. The van der Waals surface area contributed by atoms with Gasteiger partial charge < -0.3 is 9.30 Å². The van der Waals surface area contributed by atoms with E-state index in [-0.39, 0.29) is 5.91 Å². The van der Waals surface area contributed by atoms with Gasteiger partial charge in [-0.05, 0) is 30.9 Å². The fourth-order valence-corrected chi connectivity index (χ4v) is 2.77. The zero-order chi connectivity index (χ0) is 13.4. The molecule has 1 amide bonds. The standard InChI is InChI=1S/C14H16ClN3O/c1-10-3-2-6-17(7-10)14(19)12-9-18-8-11(15)4-5-13(18)16-12/h4-5,8-10H,2-3,6-7H2,1H3. The highest BCUT2D eigenvalue weighted by Crippen LogP contribution is 2.18. The first-order valence-corrected chi connectivity index (χ1v) is 6.95. The third-order valence-corrected chi connectivity index (χ3v) is 3.80. The fraction of sp³-hybridized carbons (Fsp3) is 0.429. The van der Waals surface area contributed by atoms with Crippen molar-refractivity contribution >= 4 is 23.2 Å². The van der Waals surface area contributed by atoms with E-state index in [2.05, 4.69) is 11.9 Å². The Bertz CT molecular complexity index is 622. The third-order valence-electron chi connectivity index (χ3n) is 3.58. The molecule has 1 aliphatic heterocycles. The lowest BCUT2D eigenvalue weighted by atomic mass is 10.0. The number of carbonyl (C=O) groups excluding carboxylic acids is 1. The van der Waals surface area contributed by atoms with E-state index in [4.69, 9.17) is 11.6 Å². The Balaban J connectivity index is 1.88. The third kappa shape index (κ3) is 2.45. The van der Waals surface area contributed by atoms with Crippen LogP contribution < -0.4 is 0 Å². The molecule has 19 heavy (non-hydrogen) atoms. The second-order valence-electron chi connectivity index (χ2n) is 5.24. The molecule has 0 bridgehead atoms. The van der Waals surface area contributed by atoms with Crippen molar-refractivity contribution in [2.75, 3.05) is 13.1 Å². The molecule has 2 aromatic rings. The van der Waals surface area contributed by atoms with Crippen LogP contribution in [0.4, 0.5) is 0 Å². The molecule has 4 nitrogen and oxygen atoms in total. The Morgan fingerprint density at radius 1 is 1.42 bits per heavy atom. The van der Waals surface area contributed by atoms with Gasteiger partial charge in [-0.1, -0.05) is 18.5 Å². The number of rotatable bonds is 1. The van der Waals surface area contributed by atoms with Crippen LogP contribution in [0.1, 0.15) is 30.3 Å². The molecule has 0 spiro atoms. The van der Waals surface area contributed by atoms with E-state index in [0.29, 0.717) is 16.6 Å². The quantitative estimate of drug-likeness (QED) is 0.804. The van der Waals surface area contributed by atoms with Crippen LogP contribution in [0.5, 0.6) is 0 Å². The number of halogens is 1. The van der Waals surface area contributed by atoms with Crippen molar-refractivity contribution in [2.24, 2.45) is 5.92 Å². The highest BCUT2D eigenvalue weighted by molar-refractivity contribution is 6.30. The Kier molecular flexibility index (Phi) is 3.19. The first-order valence-electron chi connectivity index (χ1n) is 6.57. The van der Waals surface area contributed by atoms with Gasteiger partial charge in [0.1, 0.15) is 11.3 Å². The summed E-state index contributed by atoms with van der Waals surface area (Å²) in [4.78, 5) is 18.7. The number of pyridine rings is 1. The first kappa shape index (κ1) is 12.5. The predicted octanol–water partition coefficient (Wildman–Crippen LogP) is 2.86. The lowest BCUT2D eigenvalue weighted by molar-refractivity contribution is 0.0678. The number of carbonyl (C=O) groups is 1. The highest BCUT2D eigenvalue weighted by Gasteiger charge is 2.23. The normalized spacial score (nSPS) is 19.9. The van der Waals surface area contributed by atoms with Crippen LogP contribution in [0.2, 0.25) is 5.02 Å². The number of nitrogens with zero attached hydrogens (tertiary/aromatic N) is 3. The molecule has 1 atom stereocenters. The van der Waals surface area contributed by atoms with Gasteiger partial charge in [0.25, 0.3) is 5.91 Å². The van der Waals surface area contributed by atoms with E-state index in [1.54, 1.807) is 22.9 Å². The molecule has 5 heteroatoms. The Morgan fingerprint density at radius 3 is 3.05 bits per heavy atom. The van der Waals surface area contributed by atoms with Gasteiger partial charge in [-0.3, -0.25) is 4.79 Å². The van der Waals surface area contributed by atoms with Crippen molar-refractivity contribution in [3.63, 3.8) is 0 Å². The predicted molar refractivity (Wildman–Crippen MR) is 74.5 cm³/mol. The maximum atomic E-state index is 12.4. The number of amides is 1. The van der Waals surface area contributed by atoms with Gasteiger partial charge in [0.2, 0.25) is 0 Å². The fourth-order valence-electron chi connectivity index (χ4n) is 2.60. The van der Waals surface area contributed by atoms with Crippen molar-refractivity contribution in [1.29, 1.82) is 0 Å². The topological polar surface area (TPSA) is 37.6 Å². The summed E-state index contributed by atoms with van der Waals surface area (Å²) >= 11 is 5.93. The average Bonchev–Trinajstić information content (AvgIpc) is 2.80. The number of piperidine rings is 1. The Labute approximate surface area is 117 Å². The Hall–Kier alpha value is -1.55. The van der Waals surface area contributed by atoms with Crippen LogP contribution in [0.25, 0.3) is 5.65 Å². The van der Waals surface area contributed by atoms with E-state index < -0.39 is 0 Å². The number of imidazole rings is 1. The van der Waals surface area contributed by atoms with Crippen molar-refractivity contribution in [2.45, 2.75) is 19.8 Å².